The Bertz CT molecular complexity index is 1780. The summed E-state index contributed by atoms with van der Waals surface area (Å²) in [6, 6.07) is 16.1. The number of aromatic nitrogens is 3. The Morgan fingerprint density at radius 2 is 1.85 bits per heavy atom. The van der Waals surface area contributed by atoms with Gasteiger partial charge < -0.3 is 25.1 Å². The number of rotatable bonds is 5. The van der Waals surface area contributed by atoms with Crippen LogP contribution in [0.2, 0.25) is 0 Å². The highest BCUT2D eigenvalue weighted by atomic mass is 19.1. The summed E-state index contributed by atoms with van der Waals surface area (Å²) in [5, 5.41) is 0. The average Bonchev–Trinajstić information content (AvgIpc) is 3.64. The Kier molecular flexibility index (Phi) is 6.12. The third-order valence-electron chi connectivity index (χ3n) is 7.71. The number of carbonyl (C=O) groups is 1. The summed E-state index contributed by atoms with van der Waals surface area (Å²) >= 11 is 0. The smallest absolute Gasteiger partial charge is 0.271 e. The number of halogens is 2. The zero-order valence-electron chi connectivity index (χ0n) is 21.9. The molecule has 2 aliphatic heterocycles. The van der Waals surface area contributed by atoms with E-state index in [9.17, 15) is 13.6 Å². The average molecular weight is 554 g/mol. The molecule has 0 bridgehead atoms. The van der Waals surface area contributed by atoms with Crippen LogP contribution in [0.25, 0.3) is 22.2 Å². The van der Waals surface area contributed by atoms with E-state index in [1.165, 1.54) is 24.4 Å². The van der Waals surface area contributed by atoms with Crippen LogP contribution in [0, 0.1) is 11.6 Å². The molecule has 10 heteroatoms. The molecule has 0 saturated carbocycles. The minimum atomic E-state index is -0.667. The Morgan fingerprint density at radius 1 is 1.05 bits per heavy atom. The van der Waals surface area contributed by atoms with Gasteiger partial charge in [0.15, 0.2) is 0 Å². The van der Waals surface area contributed by atoms with E-state index >= 15 is 0 Å². The van der Waals surface area contributed by atoms with Crippen molar-refractivity contribution in [3.05, 3.63) is 107 Å². The van der Waals surface area contributed by atoms with E-state index < -0.39 is 11.6 Å². The maximum Gasteiger partial charge on any atom is 0.271 e. The number of aromatic amines is 1. The van der Waals surface area contributed by atoms with Gasteiger partial charge in [-0.3, -0.25) is 9.78 Å². The molecule has 5 aromatic rings. The number of fused-ring (bicyclic) bond motifs is 4. The molecule has 0 aliphatic carbocycles. The van der Waals surface area contributed by atoms with E-state index in [1.807, 2.05) is 24.3 Å². The van der Waals surface area contributed by atoms with Crippen LogP contribution in [0.4, 0.5) is 14.6 Å². The number of hydrogen-bond donors (Lipinski definition) is 2. The second-order valence-corrected chi connectivity index (χ2v) is 10.1. The van der Waals surface area contributed by atoms with E-state index in [1.54, 1.807) is 23.1 Å². The van der Waals surface area contributed by atoms with Gasteiger partial charge in [-0.15, -0.1) is 0 Å². The Morgan fingerprint density at radius 3 is 2.66 bits per heavy atom. The number of H-pyrrole nitrogens is 1. The van der Waals surface area contributed by atoms with E-state index in [0.29, 0.717) is 54.5 Å². The molecule has 5 heterocycles. The number of nitrogens with zero attached hydrogens (tertiary/aromatic N) is 3. The molecule has 1 atom stereocenters. The van der Waals surface area contributed by atoms with Crippen LogP contribution in [-0.4, -0.2) is 32.4 Å². The number of nitrogens with one attached hydrogen (secondary N) is 1. The van der Waals surface area contributed by atoms with Gasteiger partial charge in [0.2, 0.25) is 0 Å². The SMILES string of the molecule is Nc1nc2cc(C(=O)N(Cc3ccc(-c4c(F)cccc4F)cn3)[C@@H]3CCOc4ccccc43)[nH]c2c2c1COC2. The molecular formula is C31H25F2N5O3. The van der Waals surface area contributed by atoms with Crippen molar-refractivity contribution in [1.29, 1.82) is 0 Å². The number of anilines is 1. The Hall–Kier alpha value is -4.83. The van der Waals surface area contributed by atoms with Crippen LogP contribution in [0.1, 0.15) is 45.3 Å². The van der Waals surface area contributed by atoms with Crippen molar-refractivity contribution in [3.8, 4) is 16.9 Å². The molecule has 1 amide bonds. The second kappa shape index (κ2) is 9.97. The number of pyridine rings is 2. The van der Waals surface area contributed by atoms with Crippen molar-refractivity contribution in [3.63, 3.8) is 0 Å². The lowest BCUT2D eigenvalue weighted by atomic mass is 9.98. The standard InChI is InChI=1S/C31H25F2N5O3/c32-22-5-3-6-23(33)28(22)17-8-9-18(35-13-17)14-38(26-10-11-41-27-7-2-1-4-19(26)27)31(39)25-12-24-29(36-25)20-15-40-16-21(20)30(34)37-24/h1-9,12-13,26,36H,10-11,14-16H2,(H2,34,37)/t26-/m1/s1. The van der Waals surface area contributed by atoms with E-state index in [-0.39, 0.29) is 24.1 Å². The second-order valence-electron chi connectivity index (χ2n) is 10.1. The third kappa shape index (κ3) is 4.36. The predicted molar refractivity (Wildman–Crippen MR) is 148 cm³/mol. The predicted octanol–water partition coefficient (Wildman–Crippen LogP) is 5.68. The maximum atomic E-state index is 14.4. The van der Waals surface area contributed by atoms with Crippen molar-refractivity contribution in [2.75, 3.05) is 12.3 Å². The van der Waals surface area contributed by atoms with Crippen molar-refractivity contribution in [1.82, 2.24) is 19.9 Å². The fourth-order valence-corrected chi connectivity index (χ4v) is 5.69. The molecule has 0 radical (unpaired) electrons. The molecule has 206 valence electrons. The summed E-state index contributed by atoms with van der Waals surface area (Å²) in [4.78, 5) is 28.2. The van der Waals surface area contributed by atoms with Gasteiger partial charge in [-0.25, -0.2) is 13.8 Å². The van der Waals surface area contributed by atoms with Gasteiger partial charge in [-0.1, -0.05) is 30.3 Å². The van der Waals surface area contributed by atoms with Crippen molar-refractivity contribution in [2.24, 2.45) is 0 Å². The number of nitrogen functional groups attached to an aromatic ring is 1. The first-order valence-corrected chi connectivity index (χ1v) is 13.3. The summed E-state index contributed by atoms with van der Waals surface area (Å²) < 4.78 is 40.2. The summed E-state index contributed by atoms with van der Waals surface area (Å²) in [6.45, 7) is 1.38. The van der Waals surface area contributed by atoms with Crippen LogP contribution in [0.5, 0.6) is 5.75 Å². The monoisotopic (exact) mass is 553 g/mol. The quantitative estimate of drug-likeness (QED) is 0.290. The number of nitrogens with two attached hydrogens (primary N) is 1. The minimum Gasteiger partial charge on any atom is -0.493 e. The Balaban J connectivity index is 1.27. The van der Waals surface area contributed by atoms with E-state index in [2.05, 4.69) is 15.0 Å². The molecule has 2 aliphatic rings. The molecule has 3 aromatic heterocycles. The van der Waals surface area contributed by atoms with Crippen LogP contribution in [0.3, 0.4) is 0 Å². The van der Waals surface area contributed by atoms with Gasteiger partial charge in [0.1, 0.15) is 28.9 Å². The number of hydrogen-bond acceptors (Lipinski definition) is 6. The number of para-hydroxylation sites is 1. The fraction of sp³-hybridized carbons (Fsp3) is 0.194. The first-order valence-electron chi connectivity index (χ1n) is 13.3. The molecule has 3 N–H and O–H groups in total. The molecule has 8 nitrogen and oxygen atoms in total. The Labute approximate surface area is 233 Å². The number of carbonyl (C=O) groups excluding carboxylic acids is 1. The van der Waals surface area contributed by atoms with E-state index in [4.69, 9.17) is 15.2 Å². The lowest BCUT2D eigenvalue weighted by Gasteiger charge is -2.35. The van der Waals surface area contributed by atoms with E-state index in [0.717, 1.165) is 28.0 Å². The van der Waals surface area contributed by atoms with Crippen LogP contribution >= 0.6 is 0 Å². The number of benzene rings is 2. The topological polar surface area (TPSA) is 106 Å². The van der Waals surface area contributed by atoms with Crippen molar-refractivity contribution < 1.29 is 23.0 Å². The normalized spacial score (nSPS) is 15.8. The summed E-state index contributed by atoms with van der Waals surface area (Å²) in [7, 11) is 0. The van der Waals surface area contributed by atoms with Gasteiger partial charge in [-0.2, -0.15) is 0 Å². The molecule has 0 spiro atoms. The first-order chi connectivity index (χ1) is 20.0. The molecule has 0 unspecified atom stereocenters. The summed E-state index contributed by atoms with van der Waals surface area (Å²) in [6.07, 6.45) is 2.01. The van der Waals surface area contributed by atoms with Gasteiger partial charge in [0, 0.05) is 34.9 Å². The van der Waals surface area contributed by atoms with Crippen molar-refractivity contribution >= 4 is 22.8 Å². The number of ether oxygens (including phenoxy) is 2. The molecule has 41 heavy (non-hydrogen) atoms. The van der Waals surface area contributed by atoms with Gasteiger partial charge >= 0.3 is 0 Å². The zero-order valence-corrected chi connectivity index (χ0v) is 21.9. The zero-order chi connectivity index (χ0) is 28.1. The fourth-order valence-electron chi connectivity index (χ4n) is 5.69. The molecule has 0 saturated heterocycles. The highest BCUT2D eigenvalue weighted by Crippen LogP contribution is 2.38. The third-order valence-corrected chi connectivity index (χ3v) is 7.71. The highest BCUT2D eigenvalue weighted by molar-refractivity contribution is 5.98. The maximum absolute atomic E-state index is 14.4. The lowest BCUT2D eigenvalue weighted by Crippen LogP contribution is -2.37. The molecule has 0 fully saturated rings. The number of amides is 1. The van der Waals surface area contributed by atoms with Crippen LogP contribution < -0.4 is 10.5 Å². The summed E-state index contributed by atoms with van der Waals surface area (Å²) in [5.41, 5.74) is 11.2. The lowest BCUT2D eigenvalue weighted by molar-refractivity contribution is 0.0594. The molecule has 7 rings (SSSR count). The minimum absolute atomic E-state index is 0.140. The largest absolute Gasteiger partial charge is 0.493 e. The summed E-state index contributed by atoms with van der Waals surface area (Å²) in [5.74, 6) is -0.461. The first kappa shape index (κ1) is 25.2. The molecule has 2 aromatic carbocycles. The van der Waals surface area contributed by atoms with Gasteiger partial charge in [-0.05, 0) is 30.3 Å². The molecular weight excluding hydrogens is 528 g/mol. The van der Waals surface area contributed by atoms with Crippen LogP contribution in [0.15, 0.2) is 66.9 Å². The van der Waals surface area contributed by atoms with Crippen LogP contribution in [-0.2, 0) is 24.5 Å². The van der Waals surface area contributed by atoms with Gasteiger partial charge in [0.05, 0.1) is 54.7 Å². The van der Waals surface area contributed by atoms with Gasteiger partial charge in [0.25, 0.3) is 5.91 Å². The highest BCUT2D eigenvalue weighted by Gasteiger charge is 2.33. The van der Waals surface area contributed by atoms with Crippen molar-refractivity contribution in [2.45, 2.75) is 32.2 Å².